The number of rotatable bonds is 6. The highest BCUT2D eigenvalue weighted by Gasteiger charge is 2.19. The van der Waals surface area contributed by atoms with Crippen LogP contribution in [0.4, 0.5) is 5.69 Å². The van der Waals surface area contributed by atoms with Gasteiger partial charge < -0.3 is 0 Å². The second kappa shape index (κ2) is 7.22. The molecule has 6 nitrogen and oxygen atoms in total. The van der Waals surface area contributed by atoms with Gasteiger partial charge in [-0.2, -0.15) is 0 Å². The van der Waals surface area contributed by atoms with Crippen molar-refractivity contribution in [3.05, 3.63) is 58.1 Å². The third-order valence-corrected chi connectivity index (χ3v) is 6.03. The van der Waals surface area contributed by atoms with Crippen LogP contribution in [-0.4, -0.2) is 22.6 Å². The molecule has 0 bridgehead atoms. The molecule has 9 heteroatoms. The van der Waals surface area contributed by atoms with E-state index in [2.05, 4.69) is 20.7 Å². The Morgan fingerprint density at radius 2 is 1.67 bits per heavy atom. The van der Waals surface area contributed by atoms with Gasteiger partial charge in [-0.1, -0.05) is 34.1 Å². The second-order valence-corrected chi connectivity index (χ2v) is 9.63. The van der Waals surface area contributed by atoms with Crippen LogP contribution in [-0.2, 0) is 26.5 Å². The summed E-state index contributed by atoms with van der Waals surface area (Å²) in [5.41, 5.74) is 1.48. The smallest absolute Gasteiger partial charge is 0.240 e. The molecule has 0 saturated carbocycles. The molecule has 0 aliphatic rings. The first-order chi connectivity index (χ1) is 11.1. The van der Waals surface area contributed by atoms with E-state index in [0.29, 0.717) is 12.0 Å². The Balaban J connectivity index is 2.19. The molecular formula is C15H17BrN2O4S2. The van der Waals surface area contributed by atoms with Gasteiger partial charge in [0.1, 0.15) is 4.90 Å². The minimum Gasteiger partial charge on any atom is -0.282 e. The molecule has 0 radical (unpaired) electrons. The molecule has 0 saturated heterocycles. The average molecular weight is 433 g/mol. The summed E-state index contributed by atoms with van der Waals surface area (Å²) in [5.74, 6) is -0.174. The first-order valence-corrected chi connectivity index (χ1v) is 10.9. The maximum atomic E-state index is 12.2. The summed E-state index contributed by atoms with van der Waals surface area (Å²) in [7, 11) is -7.75. The van der Waals surface area contributed by atoms with Gasteiger partial charge in [0.25, 0.3) is 0 Å². The molecule has 0 fully saturated rings. The fraction of sp³-hybridized carbons (Fsp3) is 0.200. The van der Waals surface area contributed by atoms with E-state index in [4.69, 9.17) is 5.14 Å². The van der Waals surface area contributed by atoms with E-state index >= 15 is 0 Å². The van der Waals surface area contributed by atoms with Crippen molar-refractivity contribution in [1.82, 2.24) is 0 Å². The van der Waals surface area contributed by atoms with Gasteiger partial charge in [0.2, 0.25) is 20.0 Å². The van der Waals surface area contributed by atoms with Crippen molar-refractivity contribution in [2.75, 3.05) is 10.5 Å². The van der Waals surface area contributed by atoms with E-state index in [0.717, 1.165) is 10.0 Å². The van der Waals surface area contributed by atoms with E-state index in [-0.39, 0.29) is 16.3 Å². The monoisotopic (exact) mass is 432 g/mol. The topological polar surface area (TPSA) is 106 Å². The molecule has 0 aliphatic heterocycles. The van der Waals surface area contributed by atoms with Gasteiger partial charge in [0, 0.05) is 4.47 Å². The van der Waals surface area contributed by atoms with Crippen molar-refractivity contribution in [2.45, 2.75) is 18.2 Å². The molecular weight excluding hydrogens is 416 g/mol. The lowest BCUT2D eigenvalue weighted by molar-refractivity contribution is 0.598. The van der Waals surface area contributed by atoms with E-state index < -0.39 is 20.0 Å². The molecule has 24 heavy (non-hydrogen) atoms. The first kappa shape index (κ1) is 18.9. The predicted octanol–water partition coefficient (Wildman–Crippen LogP) is 2.39. The molecule has 0 heterocycles. The van der Waals surface area contributed by atoms with Crippen LogP contribution in [0.5, 0.6) is 0 Å². The molecule has 0 spiro atoms. The van der Waals surface area contributed by atoms with E-state index in [9.17, 15) is 16.8 Å². The lowest BCUT2D eigenvalue weighted by Gasteiger charge is -2.12. The van der Waals surface area contributed by atoms with Crippen molar-refractivity contribution < 1.29 is 16.8 Å². The molecule has 0 aromatic heterocycles. The number of nitrogens with two attached hydrogens (primary N) is 1. The van der Waals surface area contributed by atoms with Gasteiger partial charge in [0.05, 0.1) is 11.4 Å². The number of halogens is 1. The van der Waals surface area contributed by atoms with Crippen molar-refractivity contribution in [3.8, 4) is 0 Å². The summed E-state index contributed by atoms with van der Waals surface area (Å²) >= 11 is 3.31. The average Bonchev–Trinajstić information content (AvgIpc) is 2.47. The number of anilines is 1. The van der Waals surface area contributed by atoms with Gasteiger partial charge in [-0.15, -0.1) is 0 Å². The highest BCUT2D eigenvalue weighted by Crippen LogP contribution is 2.23. The highest BCUT2D eigenvalue weighted by atomic mass is 79.9. The minimum atomic E-state index is -4.03. The lowest BCUT2D eigenvalue weighted by Crippen LogP contribution is -2.21. The first-order valence-electron chi connectivity index (χ1n) is 6.95. The van der Waals surface area contributed by atoms with Crippen LogP contribution in [0, 0.1) is 6.92 Å². The Labute approximate surface area is 150 Å². The number of aryl methyl sites for hydroxylation is 2. The van der Waals surface area contributed by atoms with Gasteiger partial charge in [0.15, 0.2) is 0 Å². The standard InChI is InChI=1S/C15H17BrN2O4S2/c1-11-2-7-14(15(10-11)24(17,21)22)18-23(19,20)9-8-12-3-5-13(16)6-4-12/h2-7,10,18H,8-9H2,1H3,(H2,17,21,22). The van der Waals surface area contributed by atoms with Crippen molar-refractivity contribution in [1.29, 1.82) is 0 Å². The summed E-state index contributed by atoms with van der Waals surface area (Å²) in [6.45, 7) is 1.69. The summed E-state index contributed by atoms with van der Waals surface area (Å²) in [5, 5.41) is 5.16. The summed E-state index contributed by atoms with van der Waals surface area (Å²) in [6, 6.07) is 11.6. The molecule has 2 rings (SSSR count). The van der Waals surface area contributed by atoms with Crippen LogP contribution in [0.2, 0.25) is 0 Å². The van der Waals surface area contributed by atoms with Crippen molar-refractivity contribution >= 4 is 41.7 Å². The number of hydrogen-bond donors (Lipinski definition) is 2. The number of primary sulfonamides is 1. The molecule has 0 aliphatic carbocycles. The van der Waals surface area contributed by atoms with E-state index in [1.54, 1.807) is 13.0 Å². The van der Waals surface area contributed by atoms with Gasteiger partial charge in [-0.3, -0.25) is 4.72 Å². The number of benzene rings is 2. The Morgan fingerprint density at radius 1 is 1.04 bits per heavy atom. The van der Waals surface area contributed by atoms with Crippen LogP contribution >= 0.6 is 15.9 Å². The van der Waals surface area contributed by atoms with E-state index in [1.807, 2.05) is 24.3 Å². The molecule has 0 unspecified atom stereocenters. The summed E-state index contributed by atoms with van der Waals surface area (Å²) in [4.78, 5) is -0.241. The third-order valence-electron chi connectivity index (χ3n) is 3.28. The molecule has 130 valence electrons. The van der Waals surface area contributed by atoms with Crippen LogP contribution in [0.3, 0.4) is 0 Å². The Kier molecular flexibility index (Phi) is 5.69. The van der Waals surface area contributed by atoms with E-state index in [1.165, 1.54) is 12.1 Å². The molecule has 0 atom stereocenters. The maximum Gasteiger partial charge on any atom is 0.240 e. The SMILES string of the molecule is Cc1ccc(NS(=O)(=O)CCc2ccc(Br)cc2)c(S(N)(=O)=O)c1. The molecule has 0 amide bonds. The van der Waals surface area contributed by atoms with Crippen molar-refractivity contribution in [3.63, 3.8) is 0 Å². The zero-order valence-corrected chi connectivity index (χ0v) is 16.1. The Bertz CT molecular complexity index is 940. The predicted molar refractivity (Wildman–Crippen MR) is 97.8 cm³/mol. The van der Waals surface area contributed by atoms with Crippen LogP contribution in [0.15, 0.2) is 51.8 Å². The third kappa shape index (κ3) is 5.30. The second-order valence-electron chi connectivity index (χ2n) is 5.34. The van der Waals surface area contributed by atoms with Gasteiger partial charge in [-0.05, 0) is 48.7 Å². The Hall–Kier alpha value is -1.42. The zero-order valence-electron chi connectivity index (χ0n) is 12.9. The highest BCUT2D eigenvalue weighted by molar-refractivity contribution is 9.10. The van der Waals surface area contributed by atoms with Gasteiger partial charge in [-0.25, -0.2) is 22.0 Å². The fourth-order valence-corrected chi connectivity index (χ4v) is 4.30. The lowest BCUT2D eigenvalue weighted by atomic mass is 10.2. The maximum absolute atomic E-state index is 12.2. The largest absolute Gasteiger partial charge is 0.282 e. The van der Waals surface area contributed by atoms with Crippen molar-refractivity contribution in [2.24, 2.45) is 5.14 Å². The number of sulfonamides is 2. The fourth-order valence-electron chi connectivity index (χ4n) is 2.07. The molecule has 2 aromatic rings. The molecule has 2 aromatic carbocycles. The Morgan fingerprint density at radius 3 is 2.25 bits per heavy atom. The normalized spacial score (nSPS) is 12.1. The summed E-state index contributed by atoms with van der Waals surface area (Å²) in [6.07, 6.45) is 0.305. The number of nitrogens with one attached hydrogen (secondary N) is 1. The minimum absolute atomic E-state index is 0.0427. The molecule has 3 N–H and O–H groups in total. The van der Waals surface area contributed by atoms with Crippen LogP contribution in [0.25, 0.3) is 0 Å². The van der Waals surface area contributed by atoms with Crippen LogP contribution in [0.1, 0.15) is 11.1 Å². The summed E-state index contributed by atoms with van der Waals surface area (Å²) < 4.78 is 51.0. The zero-order chi connectivity index (χ0) is 18.0. The number of hydrogen-bond acceptors (Lipinski definition) is 4. The van der Waals surface area contributed by atoms with Crippen LogP contribution < -0.4 is 9.86 Å². The quantitative estimate of drug-likeness (QED) is 0.730. The van der Waals surface area contributed by atoms with Gasteiger partial charge >= 0.3 is 0 Å².